The van der Waals surface area contributed by atoms with Crippen LogP contribution in [0.4, 0.5) is 4.79 Å². The molecule has 3 aromatic carbocycles. The smallest absolute Gasteiger partial charge is 0.343 e. The number of nitrogens with zero attached hydrogens (tertiary/aromatic N) is 1. The number of halogens is 2. The molecule has 0 bridgehead atoms. The highest BCUT2D eigenvalue weighted by Gasteiger charge is 2.35. The second-order valence-corrected chi connectivity index (χ2v) is 9.66. The van der Waals surface area contributed by atoms with Gasteiger partial charge in [-0.3, -0.25) is 14.5 Å². The number of methoxy groups -OCH3 is 1. The van der Waals surface area contributed by atoms with Gasteiger partial charge in [0, 0.05) is 0 Å². The summed E-state index contributed by atoms with van der Waals surface area (Å²) in [6.07, 6.45) is 1.58. The van der Waals surface area contributed by atoms with Crippen molar-refractivity contribution in [1.29, 1.82) is 0 Å². The standard InChI is InChI=1S/C26H19BrClNO6S/c1-33-21-14-16(13-18(27)23(21)35-25(31)17-7-3-2-4-8-17)15-22-24(30)29(26(32)36-22)11-12-34-20-10-6-5-9-19(20)28/h2-10,13-15H,11-12H2,1H3/b22-15-. The van der Waals surface area contributed by atoms with E-state index in [-0.39, 0.29) is 29.6 Å². The van der Waals surface area contributed by atoms with Gasteiger partial charge in [0.15, 0.2) is 11.5 Å². The largest absolute Gasteiger partial charge is 0.493 e. The van der Waals surface area contributed by atoms with Gasteiger partial charge < -0.3 is 14.2 Å². The highest BCUT2D eigenvalue weighted by Crippen LogP contribution is 2.39. The fourth-order valence-corrected chi connectivity index (χ4v) is 4.90. The Morgan fingerprint density at radius 1 is 1.06 bits per heavy atom. The lowest BCUT2D eigenvalue weighted by molar-refractivity contribution is -0.123. The van der Waals surface area contributed by atoms with Crippen molar-refractivity contribution in [2.45, 2.75) is 0 Å². The molecule has 0 aromatic heterocycles. The number of amides is 2. The normalized spacial score (nSPS) is 14.3. The molecule has 36 heavy (non-hydrogen) atoms. The predicted octanol–water partition coefficient (Wildman–Crippen LogP) is 6.45. The van der Waals surface area contributed by atoms with Crippen LogP contribution < -0.4 is 14.2 Å². The summed E-state index contributed by atoms with van der Waals surface area (Å²) < 4.78 is 17.0. The maximum atomic E-state index is 12.9. The van der Waals surface area contributed by atoms with Crippen LogP contribution in [0.5, 0.6) is 17.2 Å². The van der Waals surface area contributed by atoms with Crippen LogP contribution in [0.1, 0.15) is 15.9 Å². The van der Waals surface area contributed by atoms with E-state index >= 15 is 0 Å². The first-order valence-corrected chi connectivity index (χ1v) is 12.6. The fourth-order valence-electron chi connectivity index (χ4n) is 3.30. The number of hydrogen-bond donors (Lipinski definition) is 0. The number of para-hydroxylation sites is 1. The molecule has 0 saturated carbocycles. The van der Waals surface area contributed by atoms with Crippen molar-refractivity contribution < 1.29 is 28.6 Å². The van der Waals surface area contributed by atoms with Gasteiger partial charge in [-0.15, -0.1) is 0 Å². The predicted molar refractivity (Wildman–Crippen MR) is 142 cm³/mol. The quantitative estimate of drug-likeness (QED) is 0.170. The number of benzene rings is 3. The highest BCUT2D eigenvalue weighted by atomic mass is 79.9. The number of carbonyl (C=O) groups excluding carboxylic acids is 3. The second kappa shape index (κ2) is 11.6. The molecule has 2 amide bonds. The summed E-state index contributed by atoms with van der Waals surface area (Å²) in [6, 6.07) is 18.8. The zero-order valence-electron chi connectivity index (χ0n) is 18.9. The molecule has 7 nitrogen and oxygen atoms in total. The molecule has 4 rings (SSSR count). The Labute approximate surface area is 225 Å². The molecule has 1 heterocycles. The minimum atomic E-state index is -0.539. The van der Waals surface area contributed by atoms with E-state index in [4.69, 9.17) is 25.8 Å². The molecule has 0 N–H and O–H groups in total. The van der Waals surface area contributed by atoms with Crippen LogP contribution in [0.2, 0.25) is 5.02 Å². The molecule has 0 radical (unpaired) electrons. The average molecular weight is 589 g/mol. The fraction of sp³-hybridized carbons (Fsp3) is 0.115. The van der Waals surface area contributed by atoms with E-state index in [0.29, 0.717) is 26.4 Å². The maximum Gasteiger partial charge on any atom is 0.343 e. The van der Waals surface area contributed by atoms with Gasteiger partial charge in [0.1, 0.15) is 12.4 Å². The van der Waals surface area contributed by atoms with Crippen LogP contribution in [0.15, 0.2) is 76.1 Å². The molecule has 1 saturated heterocycles. The lowest BCUT2D eigenvalue weighted by Crippen LogP contribution is -2.32. The van der Waals surface area contributed by atoms with Crippen molar-refractivity contribution in [2.24, 2.45) is 0 Å². The Bertz CT molecular complexity index is 1350. The van der Waals surface area contributed by atoms with E-state index in [1.54, 1.807) is 72.8 Å². The second-order valence-electron chi connectivity index (χ2n) is 7.40. The van der Waals surface area contributed by atoms with Crippen molar-refractivity contribution in [1.82, 2.24) is 4.90 Å². The van der Waals surface area contributed by atoms with Crippen molar-refractivity contribution in [3.63, 3.8) is 0 Å². The zero-order chi connectivity index (χ0) is 25.7. The van der Waals surface area contributed by atoms with Gasteiger partial charge in [0.25, 0.3) is 11.1 Å². The van der Waals surface area contributed by atoms with Crippen molar-refractivity contribution in [2.75, 3.05) is 20.3 Å². The third-order valence-electron chi connectivity index (χ3n) is 5.04. The summed E-state index contributed by atoms with van der Waals surface area (Å²) in [4.78, 5) is 39.2. The molecule has 184 valence electrons. The minimum absolute atomic E-state index is 0.0780. The Balaban J connectivity index is 1.47. The number of hydrogen-bond acceptors (Lipinski definition) is 7. The molecule has 1 fully saturated rings. The summed E-state index contributed by atoms with van der Waals surface area (Å²) in [5.74, 6) is -0.00260. The van der Waals surface area contributed by atoms with E-state index < -0.39 is 17.1 Å². The van der Waals surface area contributed by atoms with E-state index in [9.17, 15) is 14.4 Å². The zero-order valence-corrected chi connectivity index (χ0v) is 22.1. The van der Waals surface area contributed by atoms with Crippen LogP contribution in [0.25, 0.3) is 6.08 Å². The molecular weight excluding hydrogens is 570 g/mol. The van der Waals surface area contributed by atoms with Crippen LogP contribution >= 0.6 is 39.3 Å². The molecular formula is C26H19BrClNO6S. The topological polar surface area (TPSA) is 82.1 Å². The Morgan fingerprint density at radius 2 is 1.78 bits per heavy atom. The Kier molecular flexibility index (Phi) is 8.35. The van der Waals surface area contributed by atoms with Gasteiger partial charge in [-0.25, -0.2) is 4.79 Å². The number of imide groups is 1. The summed E-state index contributed by atoms with van der Waals surface area (Å²) in [7, 11) is 1.44. The van der Waals surface area contributed by atoms with Gasteiger partial charge in [0.05, 0.1) is 33.6 Å². The molecule has 0 spiro atoms. The lowest BCUT2D eigenvalue weighted by Gasteiger charge is -2.14. The Hall–Kier alpha value is -3.27. The molecule has 3 aromatic rings. The van der Waals surface area contributed by atoms with Gasteiger partial charge in [0.2, 0.25) is 0 Å². The first-order chi connectivity index (χ1) is 17.4. The third-order valence-corrected chi connectivity index (χ3v) is 6.85. The summed E-state index contributed by atoms with van der Waals surface area (Å²) >= 11 is 10.3. The summed E-state index contributed by atoms with van der Waals surface area (Å²) in [6.45, 7) is 0.185. The number of ether oxygens (including phenoxy) is 3. The van der Waals surface area contributed by atoms with Crippen molar-refractivity contribution in [3.8, 4) is 17.2 Å². The number of esters is 1. The minimum Gasteiger partial charge on any atom is -0.493 e. The van der Waals surface area contributed by atoms with E-state index in [1.165, 1.54) is 7.11 Å². The van der Waals surface area contributed by atoms with Gasteiger partial charge in [-0.05, 0) is 75.7 Å². The SMILES string of the molecule is COc1cc(/C=C2\SC(=O)N(CCOc3ccccc3Cl)C2=O)cc(Br)c1OC(=O)c1ccccc1. The lowest BCUT2D eigenvalue weighted by atomic mass is 10.1. The van der Waals surface area contributed by atoms with Crippen LogP contribution in [0, 0.1) is 0 Å². The molecule has 10 heteroatoms. The van der Waals surface area contributed by atoms with Crippen molar-refractivity contribution in [3.05, 3.63) is 92.3 Å². The van der Waals surface area contributed by atoms with Gasteiger partial charge in [-0.2, -0.15) is 0 Å². The first-order valence-electron chi connectivity index (χ1n) is 10.6. The van der Waals surface area contributed by atoms with E-state index in [0.717, 1.165) is 16.7 Å². The average Bonchev–Trinajstić information content (AvgIpc) is 3.14. The number of rotatable bonds is 8. The van der Waals surface area contributed by atoms with E-state index in [1.807, 2.05) is 0 Å². The number of thioether (sulfide) groups is 1. The molecule has 1 aliphatic heterocycles. The summed E-state index contributed by atoms with van der Waals surface area (Å²) in [5.41, 5.74) is 0.971. The van der Waals surface area contributed by atoms with E-state index in [2.05, 4.69) is 15.9 Å². The number of carbonyl (C=O) groups is 3. The Morgan fingerprint density at radius 3 is 2.50 bits per heavy atom. The van der Waals surface area contributed by atoms with Crippen LogP contribution in [-0.4, -0.2) is 42.3 Å². The monoisotopic (exact) mass is 587 g/mol. The molecule has 0 atom stereocenters. The highest BCUT2D eigenvalue weighted by molar-refractivity contribution is 9.10. The van der Waals surface area contributed by atoms with Crippen molar-refractivity contribution >= 4 is 62.5 Å². The third kappa shape index (κ3) is 5.92. The van der Waals surface area contributed by atoms with Gasteiger partial charge in [-0.1, -0.05) is 41.9 Å². The molecule has 1 aliphatic rings. The molecule has 0 unspecified atom stereocenters. The maximum absolute atomic E-state index is 12.9. The van der Waals surface area contributed by atoms with Crippen LogP contribution in [-0.2, 0) is 4.79 Å². The van der Waals surface area contributed by atoms with Gasteiger partial charge >= 0.3 is 5.97 Å². The summed E-state index contributed by atoms with van der Waals surface area (Å²) in [5, 5.41) is 0.0532. The first kappa shape index (κ1) is 25.8. The molecule has 0 aliphatic carbocycles. The van der Waals surface area contributed by atoms with Crippen LogP contribution in [0.3, 0.4) is 0 Å².